The van der Waals surface area contributed by atoms with Crippen LogP contribution in [0.3, 0.4) is 0 Å². The van der Waals surface area contributed by atoms with Crippen molar-refractivity contribution in [1.29, 1.82) is 0 Å². The third-order valence-corrected chi connectivity index (χ3v) is 5.29. The molecule has 0 fully saturated rings. The van der Waals surface area contributed by atoms with E-state index in [9.17, 15) is 10.2 Å². The number of halogens is 3. The summed E-state index contributed by atoms with van der Waals surface area (Å²) in [5.74, 6) is 0.927. The summed E-state index contributed by atoms with van der Waals surface area (Å²) in [6, 6.07) is 1.52. The maximum Gasteiger partial charge on any atom is 0.190 e. The second-order valence-electron chi connectivity index (χ2n) is 5.83. The fraction of sp³-hybridized carbons (Fsp3) is 0.333. The molecule has 25 heavy (non-hydrogen) atoms. The standard InChI is InChI=1S/C18H17Cl3O4/c1-3-5-8-14(22)15(23)9(6-4-2)17-16(8)24-11-7-10(19)12(20)13(21)18(11)25-17/h7,22-23H,3-6H2,1-2H3. The molecular weight excluding hydrogens is 387 g/mol. The molecule has 0 aliphatic carbocycles. The van der Waals surface area contributed by atoms with E-state index in [1.807, 2.05) is 13.8 Å². The summed E-state index contributed by atoms with van der Waals surface area (Å²) in [5.41, 5.74) is 0.963. The molecule has 0 spiro atoms. The molecule has 0 saturated carbocycles. The molecule has 2 aromatic carbocycles. The van der Waals surface area contributed by atoms with Gasteiger partial charge in [0.1, 0.15) is 5.02 Å². The van der Waals surface area contributed by atoms with Crippen molar-refractivity contribution in [2.45, 2.75) is 39.5 Å². The highest BCUT2D eigenvalue weighted by atomic mass is 35.5. The van der Waals surface area contributed by atoms with Gasteiger partial charge < -0.3 is 19.7 Å². The molecule has 1 heterocycles. The molecule has 7 heteroatoms. The zero-order chi connectivity index (χ0) is 18.3. The Hall–Kier alpha value is -1.49. The van der Waals surface area contributed by atoms with Crippen LogP contribution in [0, 0.1) is 0 Å². The first-order chi connectivity index (χ1) is 11.9. The highest BCUT2D eigenvalue weighted by molar-refractivity contribution is 6.48. The van der Waals surface area contributed by atoms with Crippen LogP contribution in [0.4, 0.5) is 0 Å². The number of fused-ring (bicyclic) bond motifs is 2. The van der Waals surface area contributed by atoms with Crippen molar-refractivity contribution in [3.8, 4) is 34.5 Å². The Kier molecular flexibility index (Phi) is 5.14. The van der Waals surface area contributed by atoms with Gasteiger partial charge in [-0.15, -0.1) is 0 Å². The predicted octanol–water partition coefficient (Wildman–Crippen LogP) is 6.86. The van der Waals surface area contributed by atoms with Crippen LogP contribution in [0.25, 0.3) is 0 Å². The van der Waals surface area contributed by atoms with E-state index in [4.69, 9.17) is 44.3 Å². The summed E-state index contributed by atoms with van der Waals surface area (Å²) >= 11 is 18.4. The van der Waals surface area contributed by atoms with Gasteiger partial charge in [0.2, 0.25) is 0 Å². The number of hydrogen-bond donors (Lipinski definition) is 2. The van der Waals surface area contributed by atoms with Crippen molar-refractivity contribution in [1.82, 2.24) is 0 Å². The van der Waals surface area contributed by atoms with Crippen molar-refractivity contribution in [2.75, 3.05) is 0 Å². The monoisotopic (exact) mass is 402 g/mol. The van der Waals surface area contributed by atoms with Gasteiger partial charge in [-0.05, 0) is 12.8 Å². The lowest BCUT2D eigenvalue weighted by Gasteiger charge is -2.27. The lowest BCUT2D eigenvalue weighted by Crippen LogP contribution is -2.07. The summed E-state index contributed by atoms with van der Waals surface area (Å²) < 4.78 is 12.0. The van der Waals surface area contributed by atoms with Gasteiger partial charge in [0.05, 0.1) is 10.0 Å². The normalized spacial score (nSPS) is 12.2. The molecule has 1 aliphatic heterocycles. The Bertz CT molecular complexity index is 849. The smallest absolute Gasteiger partial charge is 0.190 e. The van der Waals surface area contributed by atoms with Gasteiger partial charge in [0.25, 0.3) is 0 Å². The molecule has 0 radical (unpaired) electrons. The molecule has 3 rings (SSSR count). The first kappa shape index (κ1) is 18.3. The number of phenolic OH excluding ortho intramolecular Hbond substituents is 2. The molecule has 2 aromatic rings. The first-order valence-electron chi connectivity index (χ1n) is 8.03. The van der Waals surface area contributed by atoms with Crippen LogP contribution in [0.15, 0.2) is 6.07 Å². The fourth-order valence-electron chi connectivity index (χ4n) is 2.89. The van der Waals surface area contributed by atoms with Gasteiger partial charge in [-0.1, -0.05) is 61.5 Å². The summed E-state index contributed by atoms with van der Waals surface area (Å²) in [4.78, 5) is 0. The minimum absolute atomic E-state index is 0.141. The van der Waals surface area contributed by atoms with Crippen molar-refractivity contribution in [3.05, 3.63) is 32.3 Å². The second kappa shape index (κ2) is 7.02. The number of rotatable bonds is 4. The second-order valence-corrected chi connectivity index (χ2v) is 6.99. The molecule has 0 atom stereocenters. The van der Waals surface area contributed by atoms with Gasteiger partial charge in [-0.2, -0.15) is 0 Å². The molecular formula is C18H17Cl3O4. The summed E-state index contributed by atoms with van der Waals surface area (Å²) in [7, 11) is 0. The van der Waals surface area contributed by atoms with Gasteiger partial charge >= 0.3 is 0 Å². The molecule has 1 aliphatic rings. The molecule has 0 aromatic heterocycles. The number of ether oxygens (including phenoxy) is 2. The summed E-state index contributed by atoms with van der Waals surface area (Å²) in [6.45, 7) is 3.93. The van der Waals surface area contributed by atoms with Crippen LogP contribution in [-0.2, 0) is 12.8 Å². The summed E-state index contributed by atoms with van der Waals surface area (Å²) in [6.07, 6.45) is 2.52. The third-order valence-electron chi connectivity index (χ3n) is 4.05. The molecule has 134 valence electrons. The van der Waals surface area contributed by atoms with Crippen LogP contribution in [0.1, 0.15) is 37.8 Å². The van der Waals surface area contributed by atoms with Crippen LogP contribution >= 0.6 is 34.8 Å². The number of hydrogen-bond acceptors (Lipinski definition) is 4. The molecule has 0 saturated heterocycles. The predicted molar refractivity (Wildman–Crippen MR) is 99.4 cm³/mol. The maximum atomic E-state index is 10.4. The van der Waals surface area contributed by atoms with Gasteiger partial charge in [0.15, 0.2) is 34.5 Å². The SMILES string of the molecule is CCCc1c(O)c(O)c(CCC)c2c1Oc1cc(Cl)c(Cl)c(Cl)c1O2. The number of phenols is 2. The van der Waals surface area contributed by atoms with Gasteiger partial charge in [-0.25, -0.2) is 0 Å². The number of benzene rings is 2. The van der Waals surface area contributed by atoms with Gasteiger partial charge in [-0.3, -0.25) is 0 Å². The Morgan fingerprint density at radius 2 is 1.32 bits per heavy atom. The van der Waals surface area contributed by atoms with Crippen molar-refractivity contribution < 1.29 is 19.7 Å². The van der Waals surface area contributed by atoms with E-state index in [1.54, 1.807) is 0 Å². The molecule has 2 N–H and O–H groups in total. The molecule has 0 bridgehead atoms. The van der Waals surface area contributed by atoms with Crippen LogP contribution in [0.2, 0.25) is 15.1 Å². The zero-order valence-corrected chi connectivity index (χ0v) is 16.0. The average Bonchev–Trinajstić information content (AvgIpc) is 2.59. The maximum absolute atomic E-state index is 10.4. The van der Waals surface area contributed by atoms with E-state index in [-0.39, 0.29) is 32.3 Å². The lowest BCUT2D eigenvalue weighted by atomic mass is 9.98. The Labute approximate surface area is 160 Å². The van der Waals surface area contributed by atoms with Crippen molar-refractivity contribution >= 4 is 34.8 Å². The molecule has 4 nitrogen and oxygen atoms in total. The highest BCUT2D eigenvalue weighted by Gasteiger charge is 2.32. The van der Waals surface area contributed by atoms with E-state index in [2.05, 4.69) is 0 Å². The van der Waals surface area contributed by atoms with E-state index in [0.717, 1.165) is 12.8 Å². The van der Waals surface area contributed by atoms with Crippen molar-refractivity contribution in [2.24, 2.45) is 0 Å². The van der Waals surface area contributed by atoms with Gasteiger partial charge in [0, 0.05) is 17.2 Å². The highest BCUT2D eigenvalue weighted by Crippen LogP contribution is 2.58. The topological polar surface area (TPSA) is 58.9 Å². The summed E-state index contributed by atoms with van der Waals surface area (Å²) in [5, 5.41) is 21.4. The largest absolute Gasteiger partial charge is 0.504 e. The lowest BCUT2D eigenvalue weighted by molar-refractivity contribution is 0.335. The minimum atomic E-state index is -0.188. The molecule has 0 unspecified atom stereocenters. The average molecular weight is 404 g/mol. The fourth-order valence-corrected chi connectivity index (χ4v) is 3.51. The van der Waals surface area contributed by atoms with Crippen molar-refractivity contribution in [3.63, 3.8) is 0 Å². The van der Waals surface area contributed by atoms with Crippen LogP contribution < -0.4 is 9.47 Å². The zero-order valence-electron chi connectivity index (χ0n) is 13.8. The number of aromatic hydroxyl groups is 2. The van der Waals surface area contributed by atoms with Crippen LogP contribution in [0.5, 0.6) is 34.5 Å². The Balaban J connectivity index is 2.26. The quantitative estimate of drug-likeness (QED) is 0.369. The van der Waals surface area contributed by atoms with E-state index in [0.29, 0.717) is 41.2 Å². The first-order valence-corrected chi connectivity index (χ1v) is 9.16. The molecule has 0 amide bonds. The Morgan fingerprint density at radius 1 is 0.800 bits per heavy atom. The van der Waals surface area contributed by atoms with E-state index >= 15 is 0 Å². The Morgan fingerprint density at radius 3 is 1.84 bits per heavy atom. The van der Waals surface area contributed by atoms with Crippen LogP contribution in [-0.4, -0.2) is 10.2 Å². The minimum Gasteiger partial charge on any atom is -0.504 e. The van der Waals surface area contributed by atoms with E-state index < -0.39 is 0 Å². The van der Waals surface area contributed by atoms with E-state index in [1.165, 1.54) is 6.07 Å². The third kappa shape index (κ3) is 2.97.